The van der Waals surface area contributed by atoms with Gasteiger partial charge in [-0.3, -0.25) is 9.36 Å². The highest BCUT2D eigenvalue weighted by atomic mass is 16.2. The van der Waals surface area contributed by atoms with Crippen LogP contribution >= 0.6 is 0 Å². The first kappa shape index (κ1) is 18.7. The molecule has 0 spiro atoms. The fourth-order valence-corrected chi connectivity index (χ4v) is 3.84. The van der Waals surface area contributed by atoms with Crippen molar-refractivity contribution in [2.75, 3.05) is 0 Å². The Morgan fingerprint density at radius 1 is 0.935 bits per heavy atom. The van der Waals surface area contributed by atoms with Crippen LogP contribution in [0.15, 0.2) is 77.6 Å². The summed E-state index contributed by atoms with van der Waals surface area (Å²) >= 11 is 0. The van der Waals surface area contributed by atoms with Gasteiger partial charge in [-0.1, -0.05) is 72.8 Å². The summed E-state index contributed by atoms with van der Waals surface area (Å²) in [5.41, 5.74) is 7.75. The molecule has 0 bridgehead atoms. The maximum atomic E-state index is 12.7. The first-order valence-corrected chi connectivity index (χ1v) is 9.94. The quantitative estimate of drug-likeness (QED) is 0.464. The minimum atomic E-state index is -0.717. The van der Waals surface area contributed by atoms with Crippen molar-refractivity contribution in [2.24, 2.45) is 5.73 Å². The number of carbonyl (C=O) groups is 1. The third-order valence-corrected chi connectivity index (χ3v) is 5.35. The summed E-state index contributed by atoms with van der Waals surface area (Å²) in [5, 5.41) is 1.98. The predicted octanol–water partition coefficient (Wildman–Crippen LogP) is 3.28. The van der Waals surface area contributed by atoms with E-state index in [0.717, 1.165) is 21.9 Å². The highest BCUT2D eigenvalue weighted by Gasteiger charge is 2.20. The summed E-state index contributed by atoms with van der Waals surface area (Å²) < 4.78 is 1.53. The summed E-state index contributed by atoms with van der Waals surface area (Å²) in [6.45, 7) is 0.410. The normalized spacial score (nSPS) is 11.2. The smallest absolute Gasteiger partial charge is 0.327 e. The molecule has 0 aliphatic heterocycles. The summed E-state index contributed by atoms with van der Waals surface area (Å²) in [7, 11) is 0. The number of aromatic nitrogens is 4. The van der Waals surface area contributed by atoms with Gasteiger partial charge in [-0.25, -0.2) is 14.8 Å². The Labute approximate surface area is 177 Å². The lowest BCUT2D eigenvalue weighted by Gasteiger charge is -2.09. The van der Waals surface area contributed by atoms with Crippen LogP contribution in [0.1, 0.15) is 16.1 Å². The molecule has 7 heteroatoms. The van der Waals surface area contributed by atoms with E-state index in [-0.39, 0.29) is 16.9 Å². The van der Waals surface area contributed by atoms with Gasteiger partial charge < -0.3 is 10.7 Å². The molecule has 5 rings (SSSR count). The van der Waals surface area contributed by atoms with Gasteiger partial charge in [0.05, 0.1) is 0 Å². The molecule has 0 aliphatic carbocycles. The minimum absolute atomic E-state index is 0.00324. The van der Waals surface area contributed by atoms with Crippen molar-refractivity contribution in [3.8, 4) is 11.4 Å². The van der Waals surface area contributed by atoms with E-state index < -0.39 is 5.91 Å². The van der Waals surface area contributed by atoms with Crippen molar-refractivity contribution in [3.63, 3.8) is 0 Å². The number of nitrogens with two attached hydrogens (primary N) is 1. The number of H-pyrrole nitrogens is 1. The standard InChI is InChI=1S/C24H19N5O2/c25-21(30)19-20-23(29(24(31)27-20)14-13-15-7-2-1-3-8-15)28-22(26-19)18-12-6-10-16-9-4-5-11-17(16)18/h1-12H,13-14H2,(H2,25,30)(H,27,31). The molecule has 2 aromatic heterocycles. The van der Waals surface area contributed by atoms with Crippen molar-refractivity contribution in [3.05, 3.63) is 94.5 Å². The van der Waals surface area contributed by atoms with Crippen LogP contribution in [0.3, 0.4) is 0 Å². The van der Waals surface area contributed by atoms with E-state index in [1.807, 2.05) is 72.8 Å². The number of benzene rings is 3. The van der Waals surface area contributed by atoms with Crippen LogP contribution in [0.25, 0.3) is 33.3 Å². The Morgan fingerprint density at radius 2 is 1.68 bits per heavy atom. The predicted molar refractivity (Wildman–Crippen MR) is 120 cm³/mol. The zero-order valence-corrected chi connectivity index (χ0v) is 16.6. The molecule has 31 heavy (non-hydrogen) atoms. The number of rotatable bonds is 5. The number of amides is 1. The van der Waals surface area contributed by atoms with Crippen LogP contribution in [-0.4, -0.2) is 25.4 Å². The minimum Gasteiger partial charge on any atom is -0.364 e. The van der Waals surface area contributed by atoms with E-state index in [0.29, 0.717) is 24.4 Å². The van der Waals surface area contributed by atoms with Crippen molar-refractivity contribution < 1.29 is 4.79 Å². The number of nitrogens with one attached hydrogen (secondary N) is 1. The number of hydrogen-bond acceptors (Lipinski definition) is 4. The van der Waals surface area contributed by atoms with Crippen LogP contribution in [0, 0.1) is 0 Å². The zero-order chi connectivity index (χ0) is 21.4. The maximum absolute atomic E-state index is 12.7. The number of imidazole rings is 1. The molecular weight excluding hydrogens is 390 g/mol. The van der Waals surface area contributed by atoms with Crippen LogP contribution in [-0.2, 0) is 13.0 Å². The summed E-state index contributed by atoms with van der Waals surface area (Å²) in [4.78, 5) is 36.7. The number of aryl methyl sites for hydroxylation is 2. The number of aromatic amines is 1. The molecule has 0 saturated carbocycles. The van der Waals surface area contributed by atoms with Crippen LogP contribution in [0.4, 0.5) is 0 Å². The lowest BCUT2D eigenvalue weighted by molar-refractivity contribution is 0.0997. The lowest BCUT2D eigenvalue weighted by Crippen LogP contribution is -2.18. The number of nitrogens with zero attached hydrogens (tertiary/aromatic N) is 3. The van der Waals surface area contributed by atoms with Gasteiger partial charge in [-0.15, -0.1) is 0 Å². The number of primary amides is 1. The molecule has 0 aliphatic rings. The average molecular weight is 409 g/mol. The fourth-order valence-electron chi connectivity index (χ4n) is 3.84. The van der Waals surface area contributed by atoms with E-state index in [1.54, 1.807) is 0 Å². The van der Waals surface area contributed by atoms with E-state index >= 15 is 0 Å². The molecule has 0 fully saturated rings. The lowest BCUT2D eigenvalue weighted by atomic mass is 10.0. The Balaban J connectivity index is 1.70. The summed E-state index contributed by atoms with van der Waals surface area (Å²) in [6, 6.07) is 23.5. The second-order valence-corrected chi connectivity index (χ2v) is 7.30. The second kappa shape index (κ2) is 7.53. The molecule has 0 radical (unpaired) electrons. The zero-order valence-electron chi connectivity index (χ0n) is 16.6. The molecule has 2 heterocycles. The second-order valence-electron chi connectivity index (χ2n) is 7.30. The van der Waals surface area contributed by atoms with Crippen LogP contribution < -0.4 is 11.4 Å². The molecule has 152 valence electrons. The van der Waals surface area contributed by atoms with Gasteiger partial charge in [0.15, 0.2) is 17.2 Å². The SMILES string of the molecule is NC(=O)c1nc(-c2cccc3ccccc23)nc2c1[nH]c(=O)n2CCc1ccccc1. The van der Waals surface area contributed by atoms with Gasteiger partial charge in [0.25, 0.3) is 5.91 Å². The molecule has 3 N–H and O–H groups in total. The van der Waals surface area contributed by atoms with Crippen molar-refractivity contribution >= 4 is 27.8 Å². The van der Waals surface area contributed by atoms with E-state index in [9.17, 15) is 9.59 Å². The van der Waals surface area contributed by atoms with Gasteiger partial charge in [-0.05, 0) is 22.8 Å². The number of fused-ring (bicyclic) bond motifs is 2. The number of carbonyl (C=O) groups excluding carboxylic acids is 1. The van der Waals surface area contributed by atoms with Gasteiger partial charge >= 0.3 is 5.69 Å². The van der Waals surface area contributed by atoms with Crippen molar-refractivity contribution in [1.82, 2.24) is 19.5 Å². The van der Waals surface area contributed by atoms with E-state index in [2.05, 4.69) is 15.0 Å². The Hall–Kier alpha value is -4.26. The van der Waals surface area contributed by atoms with E-state index in [4.69, 9.17) is 5.73 Å². The van der Waals surface area contributed by atoms with Gasteiger partial charge in [0.1, 0.15) is 5.52 Å². The molecule has 7 nitrogen and oxygen atoms in total. The maximum Gasteiger partial charge on any atom is 0.327 e. The fraction of sp³-hybridized carbons (Fsp3) is 0.0833. The molecule has 1 amide bonds. The largest absolute Gasteiger partial charge is 0.364 e. The molecule has 3 aromatic carbocycles. The van der Waals surface area contributed by atoms with Crippen molar-refractivity contribution in [1.29, 1.82) is 0 Å². The molecule has 5 aromatic rings. The van der Waals surface area contributed by atoms with Crippen LogP contribution in [0.5, 0.6) is 0 Å². The first-order valence-electron chi connectivity index (χ1n) is 9.94. The monoisotopic (exact) mass is 409 g/mol. The summed E-state index contributed by atoms with van der Waals surface area (Å²) in [6.07, 6.45) is 0.646. The van der Waals surface area contributed by atoms with Gasteiger partial charge in [0.2, 0.25) is 0 Å². The highest BCUT2D eigenvalue weighted by molar-refractivity contribution is 6.03. The molecule has 0 saturated heterocycles. The highest BCUT2D eigenvalue weighted by Crippen LogP contribution is 2.27. The first-order chi connectivity index (χ1) is 15.1. The Kier molecular flexibility index (Phi) is 4.55. The van der Waals surface area contributed by atoms with Gasteiger partial charge in [-0.2, -0.15) is 0 Å². The third kappa shape index (κ3) is 3.36. The van der Waals surface area contributed by atoms with Crippen molar-refractivity contribution in [2.45, 2.75) is 13.0 Å². The Morgan fingerprint density at radius 3 is 2.48 bits per heavy atom. The van der Waals surface area contributed by atoms with E-state index in [1.165, 1.54) is 4.57 Å². The summed E-state index contributed by atoms with van der Waals surface area (Å²) in [5.74, 6) is -0.365. The van der Waals surface area contributed by atoms with Gasteiger partial charge in [0, 0.05) is 12.1 Å². The topological polar surface area (TPSA) is 107 Å². The average Bonchev–Trinajstić information content (AvgIpc) is 3.12. The number of hydrogen-bond donors (Lipinski definition) is 2. The third-order valence-electron chi connectivity index (χ3n) is 5.35. The molecule has 0 unspecified atom stereocenters. The van der Waals surface area contributed by atoms with Crippen LogP contribution in [0.2, 0.25) is 0 Å². The Bertz CT molecular complexity index is 1480. The molecular formula is C24H19N5O2. The molecule has 0 atom stereocenters.